The molecule has 3 atom stereocenters. The highest BCUT2D eigenvalue weighted by Gasteiger charge is 2.45. The Labute approximate surface area is 155 Å². The fourth-order valence-electron chi connectivity index (χ4n) is 3.65. The van der Waals surface area contributed by atoms with E-state index < -0.39 is 29.7 Å². The van der Waals surface area contributed by atoms with Gasteiger partial charge in [0.2, 0.25) is 5.91 Å². The Bertz CT molecular complexity index is 545. The highest BCUT2D eigenvalue weighted by molar-refractivity contribution is 5.90. The second kappa shape index (κ2) is 8.24. The van der Waals surface area contributed by atoms with Gasteiger partial charge in [0.1, 0.15) is 17.7 Å². The Morgan fingerprint density at radius 1 is 1.23 bits per heavy atom. The second-order valence-corrected chi connectivity index (χ2v) is 7.90. The van der Waals surface area contributed by atoms with Crippen LogP contribution in [0.15, 0.2) is 0 Å². The first-order valence-electron chi connectivity index (χ1n) is 9.28. The molecule has 2 saturated heterocycles. The van der Waals surface area contributed by atoms with Crippen LogP contribution >= 0.6 is 0 Å². The van der Waals surface area contributed by atoms with Crippen LogP contribution in [0.4, 0.5) is 4.79 Å². The van der Waals surface area contributed by atoms with Crippen molar-refractivity contribution in [3.63, 3.8) is 0 Å². The number of alkyl carbamates (subject to hydrolysis) is 1. The molecule has 1 N–H and O–H groups in total. The molecule has 0 aliphatic carbocycles. The number of nitrogens with one attached hydrogen (secondary N) is 1. The largest absolute Gasteiger partial charge is 0.467 e. The summed E-state index contributed by atoms with van der Waals surface area (Å²) in [5.74, 6) is -0.642. The predicted octanol–water partition coefficient (Wildman–Crippen LogP) is 1.14. The maximum absolute atomic E-state index is 13.2. The number of methoxy groups -OCH3 is 1. The van der Waals surface area contributed by atoms with Crippen molar-refractivity contribution in [3.05, 3.63) is 0 Å². The van der Waals surface area contributed by atoms with Crippen LogP contribution in [0.5, 0.6) is 0 Å². The number of carbonyl (C=O) groups excluding carboxylic acids is 3. The lowest BCUT2D eigenvalue weighted by molar-refractivity contribution is -0.153. The second-order valence-electron chi connectivity index (χ2n) is 7.90. The Morgan fingerprint density at radius 3 is 2.50 bits per heavy atom. The van der Waals surface area contributed by atoms with Crippen molar-refractivity contribution in [3.8, 4) is 0 Å². The molecule has 0 unspecified atom stereocenters. The van der Waals surface area contributed by atoms with Gasteiger partial charge in [0.15, 0.2) is 0 Å². The zero-order valence-corrected chi connectivity index (χ0v) is 16.4. The van der Waals surface area contributed by atoms with Gasteiger partial charge in [-0.15, -0.1) is 0 Å². The van der Waals surface area contributed by atoms with Crippen molar-refractivity contribution >= 4 is 18.0 Å². The number of esters is 1. The van der Waals surface area contributed by atoms with E-state index >= 15 is 0 Å². The molecule has 0 spiro atoms. The molecule has 0 aromatic rings. The zero-order valence-electron chi connectivity index (χ0n) is 16.4. The minimum Gasteiger partial charge on any atom is -0.467 e. The Morgan fingerprint density at radius 2 is 1.92 bits per heavy atom. The van der Waals surface area contributed by atoms with Crippen molar-refractivity contribution in [1.82, 2.24) is 15.1 Å². The van der Waals surface area contributed by atoms with E-state index in [0.717, 1.165) is 25.9 Å². The molecular formula is C18H31N3O5. The average Bonchev–Trinajstić information content (AvgIpc) is 2.96. The molecule has 0 saturated carbocycles. The number of likely N-dealkylation sites (N-methyl/N-ethyl adjacent to an activating group) is 1. The lowest BCUT2D eigenvalue weighted by Gasteiger charge is -2.38. The fraction of sp³-hybridized carbons (Fsp3) is 0.833. The number of hydrogen-bond acceptors (Lipinski definition) is 6. The first-order valence-corrected chi connectivity index (χ1v) is 9.28. The van der Waals surface area contributed by atoms with Gasteiger partial charge in [0.25, 0.3) is 0 Å². The number of fused-ring (bicyclic) bond motifs is 1. The lowest BCUT2D eigenvalue weighted by atomic mass is 10.1. The molecule has 148 valence electrons. The van der Waals surface area contributed by atoms with Crippen molar-refractivity contribution in [1.29, 1.82) is 0 Å². The van der Waals surface area contributed by atoms with Gasteiger partial charge in [0, 0.05) is 19.1 Å². The third-order valence-electron chi connectivity index (χ3n) is 4.89. The SMILES string of the molecule is CCN1CC[C@H]2CC[C@@H](C(=O)OC)N2C(=O)[C@@H](NC(=O)OC(C)(C)C)C1. The van der Waals surface area contributed by atoms with E-state index in [1.54, 1.807) is 25.7 Å². The maximum Gasteiger partial charge on any atom is 0.408 e. The molecule has 26 heavy (non-hydrogen) atoms. The van der Waals surface area contributed by atoms with E-state index in [4.69, 9.17) is 9.47 Å². The van der Waals surface area contributed by atoms with Crippen LogP contribution in [0, 0.1) is 0 Å². The van der Waals surface area contributed by atoms with Gasteiger partial charge in [0.05, 0.1) is 7.11 Å². The summed E-state index contributed by atoms with van der Waals surface area (Å²) in [6.45, 7) is 9.34. The van der Waals surface area contributed by atoms with Gasteiger partial charge in [-0.1, -0.05) is 6.92 Å². The molecule has 8 heteroatoms. The molecule has 0 radical (unpaired) electrons. The van der Waals surface area contributed by atoms with Gasteiger partial charge in [-0.25, -0.2) is 9.59 Å². The smallest absolute Gasteiger partial charge is 0.408 e. The molecule has 0 aromatic carbocycles. The number of amides is 2. The third-order valence-corrected chi connectivity index (χ3v) is 4.89. The van der Waals surface area contributed by atoms with Gasteiger partial charge >= 0.3 is 12.1 Å². The minimum atomic E-state index is -0.752. The van der Waals surface area contributed by atoms with Gasteiger partial charge in [-0.2, -0.15) is 0 Å². The van der Waals surface area contributed by atoms with E-state index in [2.05, 4.69) is 10.2 Å². The maximum atomic E-state index is 13.2. The number of rotatable bonds is 3. The van der Waals surface area contributed by atoms with Crippen LogP contribution in [0.25, 0.3) is 0 Å². The van der Waals surface area contributed by atoms with Crippen molar-refractivity contribution in [2.75, 3.05) is 26.7 Å². The molecular weight excluding hydrogens is 338 g/mol. The molecule has 2 heterocycles. The van der Waals surface area contributed by atoms with E-state index in [-0.39, 0.29) is 11.9 Å². The molecule has 2 aliphatic rings. The number of carbonyl (C=O) groups is 3. The molecule has 0 aromatic heterocycles. The summed E-state index contributed by atoms with van der Waals surface area (Å²) in [6.07, 6.45) is 1.54. The van der Waals surface area contributed by atoms with Crippen LogP contribution in [-0.2, 0) is 19.1 Å². The normalized spacial score (nSPS) is 27.3. The quantitative estimate of drug-likeness (QED) is 0.751. The molecule has 2 fully saturated rings. The monoisotopic (exact) mass is 369 g/mol. The van der Waals surface area contributed by atoms with E-state index in [9.17, 15) is 14.4 Å². The van der Waals surface area contributed by atoms with Gasteiger partial charge in [-0.3, -0.25) is 4.79 Å². The summed E-state index contributed by atoms with van der Waals surface area (Å²) in [5, 5.41) is 2.70. The third kappa shape index (κ3) is 4.87. The first kappa shape index (κ1) is 20.5. The van der Waals surface area contributed by atoms with Crippen LogP contribution in [0.3, 0.4) is 0 Å². The Hall–Kier alpha value is -1.83. The topological polar surface area (TPSA) is 88.2 Å². The standard InChI is InChI=1S/C18H31N3O5/c1-6-20-10-9-12-7-8-14(16(23)25-5)21(12)15(22)13(11-20)19-17(24)26-18(2,3)4/h12-14H,6-11H2,1-5H3,(H,19,24)/t12-,13+,14+/m1/s1. The van der Waals surface area contributed by atoms with Gasteiger partial charge in [-0.05, 0) is 46.6 Å². The number of nitrogens with zero attached hydrogens (tertiary/aromatic N) is 2. The summed E-state index contributed by atoms with van der Waals surface area (Å²) in [5.41, 5.74) is -0.649. The van der Waals surface area contributed by atoms with Crippen LogP contribution in [0.1, 0.15) is 47.0 Å². The van der Waals surface area contributed by atoms with Gasteiger partial charge < -0.3 is 24.6 Å². The zero-order chi connectivity index (χ0) is 19.5. The first-order chi connectivity index (χ1) is 12.2. The number of hydrogen-bond donors (Lipinski definition) is 1. The van der Waals surface area contributed by atoms with E-state index in [0.29, 0.717) is 13.0 Å². The van der Waals surface area contributed by atoms with Crippen LogP contribution < -0.4 is 5.32 Å². The highest BCUT2D eigenvalue weighted by atomic mass is 16.6. The van der Waals surface area contributed by atoms with Crippen LogP contribution in [0.2, 0.25) is 0 Å². The average molecular weight is 369 g/mol. The fourth-order valence-corrected chi connectivity index (χ4v) is 3.65. The molecule has 2 aliphatic heterocycles. The summed E-state index contributed by atoms with van der Waals surface area (Å²) < 4.78 is 10.2. The molecule has 8 nitrogen and oxygen atoms in total. The minimum absolute atomic E-state index is 0.0103. The van der Waals surface area contributed by atoms with Crippen molar-refractivity contribution in [2.45, 2.75) is 70.7 Å². The lowest BCUT2D eigenvalue weighted by Crippen LogP contribution is -2.60. The van der Waals surface area contributed by atoms with Crippen molar-refractivity contribution < 1.29 is 23.9 Å². The molecule has 0 bridgehead atoms. The summed E-state index contributed by atoms with van der Waals surface area (Å²) in [7, 11) is 1.33. The van der Waals surface area contributed by atoms with E-state index in [1.807, 2.05) is 6.92 Å². The predicted molar refractivity (Wildman–Crippen MR) is 95.6 cm³/mol. The van der Waals surface area contributed by atoms with E-state index in [1.165, 1.54) is 7.11 Å². The highest BCUT2D eigenvalue weighted by Crippen LogP contribution is 2.29. The Balaban J connectivity index is 2.21. The van der Waals surface area contributed by atoms with Crippen LogP contribution in [-0.4, -0.2) is 78.2 Å². The molecule has 2 amide bonds. The molecule has 2 rings (SSSR count). The Kier molecular flexibility index (Phi) is 6.49. The summed E-state index contributed by atoms with van der Waals surface area (Å²) >= 11 is 0. The summed E-state index contributed by atoms with van der Waals surface area (Å²) in [4.78, 5) is 41.3. The summed E-state index contributed by atoms with van der Waals surface area (Å²) in [6, 6.07) is -1.34. The number of ether oxygens (including phenoxy) is 2. The van der Waals surface area contributed by atoms with Crippen molar-refractivity contribution in [2.24, 2.45) is 0 Å².